The second kappa shape index (κ2) is 9.65. The monoisotopic (exact) mass is 439 g/mol. The summed E-state index contributed by atoms with van der Waals surface area (Å²) in [5.41, 5.74) is 0. The van der Waals surface area contributed by atoms with Crippen LogP contribution in [0.3, 0.4) is 0 Å². The lowest BCUT2D eigenvalue weighted by Gasteiger charge is -2.29. The van der Waals surface area contributed by atoms with Gasteiger partial charge in [-0.15, -0.1) is 0 Å². The summed E-state index contributed by atoms with van der Waals surface area (Å²) in [6.07, 6.45) is 3.06. The van der Waals surface area contributed by atoms with Crippen molar-refractivity contribution in [3.8, 4) is 11.5 Å². The van der Waals surface area contributed by atoms with Crippen molar-refractivity contribution in [3.05, 3.63) is 24.3 Å². The number of hydrogen-bond donors (Lipinski definition) is 1. The second-order valence-electron chi connectivity index (χ2n) is 7.67. The molecule has 2 heterocycles. The summed E-state index contributed by atoms with van der Waals surface area (Å²) < 4.78 is 36.1. The van der Waals surface area contributed by atoms with Gasteiger partial charge in [-0.2, -0.15) is 4.31 Å². The summed E-state index contributed by atoms with van der Waals surface area (Å²) in [4.78, 5) is 26.6. The third-order valence-corrected chi connectivity index (χ3v) is 6.83. The van der Waals surface area contributed by atoms with E-state index in [0.29, 0.717) is 30.9 Å². The summed E-state index contributed by atoms with van der Waals surface area (Å²) in [6.45, 7) is 1.11. The van der Waals surface area contributed by atoms with E-state index in [-0.39, 0.29) is 50.0 Å². The molecule has 1 aromatic rings. The Bertz CT molecular complexity index is 875. The number of para-hydroxylation sites is 2. The molecule has 0 saturated carbocycles. The zero-order valence-electron chi connectivity index (χ0n) is 17.4. The highest BCUT2D eigenvalue weighted by molar-refractivity contribution is 7.88. The van der Waals surface area contributed by atoms with E-state index in [1.54, 1.807) is 24.1 Å². The minimum Gasteiger partial charge on any atom is -0.493 e. The van der Waals surface area contributed by atoms with Crippen LogP contribution in [0.15, 0.2) is 24.3 Å². The summed E-state index contributed by atoms with van der Waals surface area (Å²) in [5.74, 6) is 0.880. The van der Waals surface area contributed by atoms with E-state index in [0.717, 1.165) is 6.42 Å². The van der Waals surface area contributed by atoms with E-state index in [4.69, 9.17) is 9.47 Å². The predicted octanol–water partition coefficient (Wildman–Crippen LogP) is 0.463. The number of benzene rings is 1. The first-order valence-corrected chi connectivity index (χ1v) is 11.9. The Kier molecular flexibility index (Phi) is 7.19. The van der Waals surface area contributed by atoms with E-state index in [1.165, 1.54) is 10.6 Å². The number of carbonyl (C=O) groups is 2. The lowest BCUT2D eigenvalue weighted by Crippen LogP contribution is -2.49. The fourth-order valence-corrected chi connectivity index (χ4v) is 4.96. The number of amides is 2. The average molecular weight is 440 g/mol. The molecule has 0 aromatic heterocycles. The number of nitrogens with zero attached hydrogens (tertiary/aromatic N) is 2. The molecule has 1 N–H and O–H groups in total. The topological polar surface area (TPSA) is 105 Å². The molecular weight excluding hydrogens is 410 g/mol. The van der Waals surface area contributed by atoms with E-state index >= 15 is 0 Å². The van der Waals surface area contributed by atoms with Crippen LogP contribution in [0.25, 0.3) is 0 Å². The first kappa shape index (κ1) is 22.4. The Balaban J connectivity index is 1.53. The van der Waals surface area contributed by atoms with Crippen LogP contribution in [0, 0.1) is 5.92 Å². The summed E-state index contributed by atoms with van der Waals surface area (Å²) in [5, 5.41) is 2.77. The molecule has 2 aliphatic rings. The van der Waals surface area contributed by atoms with Crippen LogP contribution in [-0.4, -0.2) is 81.6 Å². The Morgan fingerprint density at radius 2 is 1.97 bits per heavy atom. The van der Waals surface area contributed by atoms with Gasteiger partial charge in [-0.05, 0) is 30.9 Å². The van der Waals surface area contributed by atoms with E-state index < -0.39 is 10.0 Å². The van der Waals surface area contributed by atoms with Gasteiger partial charge < -0.3 is 19.7 Å². The maximum absolute atomic E-state index is 12.6. The zero-order valence-corrected chi connectivity index (χ0v) is 18.2. The van der Waals surface area contributed by atoms with Crippen molar-refractivity contribution in [2.24, 2.45) is 5.92 Å². The third kappa shape index (κ3) is 5.42. The van der Waals surface area contributed by atoms with Crippen LogP contribution >= 0.6 is 0 Å². The highest BCUT2D eigenvalue weighted by Crippen LogP contribution is 2.31. The molecule has 3 rings (SSSR count). The summed E-state index contributed by atoms with van der Waals surface area (Å²) in [6, 6.07) is 6.98. The maximum Gasteiger partial charge on any atom is 0.239 e. The van der Waals surface area contributed by atoms with Crippen LogP contribution in [0.1, 0.15) is 19.3 Å². The number of likely N-dealkylation sites (tertiary alicyclic amines) is 1. The Morgan fingerprint density at radius 3 is 2.67 bits per heavy atom. The van der Waals surface area contributed by atoms with Gasteiger partial charge in [0.25, 0.3) is 0 Å². The molecule has 2 aliphatic heterocycles. The smallest absolute Gasteiger partial charge is 0.239 e. The van der Waals surface area contributed by atoms with Crippen molar-refractivity contribution in [1.29, 1.82) is 0 Å². The first-order valence-electron chi connectivity index (χ1n) is 10.1. The molecule has 0 bridgehead atoms. The molecule has 0 aliphatic carbocycles. The quantitative estimate of drug-likeness (QED) is 0.590. The van der Waals surface area contributed by atoms with Gasteiger partial charge >= 0.3 is 0 Å². The third-order valence-electron chi connectivity index (χ3n) is 5.59. The molecule has 0 radical (unpaired) electrons. The van der Waals surface area contributed by atoms with Gasteiger partial charge in [-0.25, -0.2) is 8.42 Å². The van der Waals surface area contributed by atoms with Crippen molar-refractivity contribution in [2.75, 3.05) is 46.2 Å². The number of carbonyl (C=O) groups excluding carboxylic acids is 2. The minimum atomic E-state index is -3.32. The van der Waals surface area contributed by atoms with Gasteiger partial charge in [0.15, 0.2) is 11.5 Å². The molecule has 1 aromatic carbocycles. The number of methoxy groups -OCH3 is 1. The standard InChI is InChI=1S/C20H29N3O6S/c1-28-17-7-3-4-8-18(17)29-11-10-21-19(24)14-23-16-13-22(30(2,26)27)12-15(16)6-5-9-20(23)25/h3-4,7-8,15-16H,5-6,9-14H2,1-2H3,(H,21,24)/t15-,16+/m1/s1. The molecule has 2 atom stereocenters. The van der Waals surface area contributed by atoms with Crippen molar-refractivity contribution in [2.45, 2.75) is 25.3 Å². The van der Waals surface area contributed by atoms with Crippen LogP contribution < -0.4 is 14.8 Å². The largest absolute Gasteiger partial charge is 0.493 e. The fourth-order valence-electron chi connectivity index (χ4n) is 4.07. The fraction of sp³-hybridized carbons (Fsp3) is 0.600. The van der Waals surface area contributed by atoms with Gasteiger partial charge in [-0.3, -0.25) is 9.59 Å². The van der Waals surface area contributed by atoms with E-state index in [2.05, 4.69) is 5.32 Å². The molecule has 166 valence electrons. The molecular formula is C20H29N3O6S. The Labute approximate surface area is 177 Å². The number of sulfonamides is 1. The van der Waals surface area contributed by atoms with Crippen molar-refractivity contribution in [3.63, 3.8) is 0 Å². The summed E-state index contributed by atoms with van der Waals surface area (Å²) in [7, 11) is -1.76. The van der Waals surface area contributed by atoms with Crippen molar-refractivity contribution < 1.29 is 27.5 Å². The van der Waals surface area contributed by atoms with E-state index in [1.807, 2.05) is 12.1 Å². The highest BCUT2D eigenvalue weighted by atomic mass is 32.2. The van der Waals surface area contributed by atoms with Crippen LogP contribution in [0.2, 0.25) is 0 Å². The predicted molar refractivity (Wildman–Crippen MR) is 111 cm³/mol. The normalized spacial score (nSPS) is 22.3. The van der Waals surface area contributed by atoms with Crippen LogP contribution in [-0.2, 0) is 19.6 Å². The number of rotatable bonds is 8. The lowest BCUT2D eigenvalue weighted by atomic mass is 9.98. The van der Waals surface area contributed by atoms with Crippen molar-refractivity contribution >= 4 is 21.8 Å². The minimum absolute atomic E-state index is 0.0628. The molecule has 2 amide bonds. The molecule has 30 heavy (non-hydrogen) atoms. The molecule has 0 unspecified atom stereocenters. The van der Waals surface area contributed by atoms with Gasteiger partial charge in [-0.1, -0.05) is 12.1 Å². The average Bonchev–Trinajstić information content (AvgIpc) is 3.08. The first-order chi connectivity index (χ1) is 14.3. The highest BCUT2D eigenvalue weighted by Gasteiger charge is 2.43. The molecule has 0 spiro atoms. The SMILES string of the molecule is COc1ccccc1OCCNC(=O)CN1C(=O)CCC[C@@H]2CN(S(C)(=O)=O)C[C@@H]21. The Morgan fingerprint density at radius 1 is 1.23 bits per heavy atom. The molecule has 2 fully saturated rings. The lowest BCUT2D eigenvalue weighted by molar-refractivity contribution is -0.138. The molecule has 10 heteroatoms. The van der Waals surface area contributed by atoms with Gasteiger partial charge in [0.1, 0.15) is 6.61 Å². The van der Waals surface area contributed by atoms with Gasteiger partial charge in [0.2, 0.25) is 21.8 Å². The van der Waals surface area contributed by atoms with Gasteiger partial charge in [0, 0.05) is 19.5 Å². The van der Waals surface area contributed by atoms with E-state index in [9.17, 15) is 18.0 Å². The number of hydrogen-bond acceptors (Lipinski definition) is 6. The molecule has 9 nitrogen and oxygen atoms in total. The number of fused-ring (bicyclic) bond motifs is 1. The van der Waals surface area contributed by atoms with Crippen LogP contribution in [0.5, 0.6) is 11.5 Å². The van der Waals surface area contributed by atoms with Crippen LogP contribution in [0.4, 0.5) is 0 Å². The number of ether oxygens (including phenoxy) is 2. The van der Waals surface area contributed by atoms with Crippen molar-refractivity contribution in [1.82, 2.24) is 14.5 Å². The maximum atomic E-state index is 12.6. The Hall–Kier alpha value is -2.33. The zero-order chi connectivity index (χ0) is 21.7. The molecule has 2 saturated heterocycles. The van der Waals surface area contributed by atoms with Gasteiger partial charge in [0.05, 0.1) is 32.5 Å². The number of nitrogens with one attached hydrogen (secondary N) is 1. The second-order valence-corrected chi connectivity index (χ2v) is 9.65. The summed E-state index contributed by atoms with van der Waals surface area (Å²) >= 11 is 0.